The van der Waals surface area contributed by atoms with Crippen LogP contribution in [0, 0.1) is 6.92 Å². The summed E-state index contributed by atoms with van der Waals surface area (Å²) >= 11 is 0. The first-order valence-corrected chi connectivity index (χ1v) is 10.6. The molecule has 0 saturated carbocycles. The lowest BCUT2D eigenvalue weighted by Gasteiger charge is -2.17. The van der Waals surface area contributed by atoms with Crippen LogP contribution in [0.3, 0.4) is 0 Å². The molecule has 5 nitrogen and oxygen atoms in total. The van der Waals surface area contributed by atoms with Gasteiger partial charge in [-0.3, -0.25) is 9.88 Å². The lowest BCUT2D eigenvalue weighted by atomic mass is 9.96. The van der Waals surface area contributed by atoms with Crippen molar-refractivity contribution in [3.05, 3.63) is 71.7 Å². The van der Waals surface area contributed by atoms with Crippen molar-refractivity contribution in [1.82, 2.24) is 9.88 Å². The van der Waals surface area contributed by atoms with E-state index in [1.54, 1.807) is 12.3 Å². The zero-order valence-corrected chi connectivity index (χ0v) is 15.8. The van der Waals surface area contributed by atoms with Gasteiger partial charge >= 0.3 is 0 Å². The number of sulfone groups is 1. The van der Waals surface area contributed by atoms with E-state index in [-0.39, 0.29) is 11.2 Å². The van der Waals surface area contributed by atoms with E-state index in [9.17, 15) is 8.42 Å². The quantitative estimate of drug-likeness (QED) is 0.697. The molecule has 0 spiro atoms. The molecule has 27 heavy (non-hydrogen) atoms. The smallest absolute Gasteiger partial charge is 0.183 e. The zero-order chi connectivity index (χ0) is 18.6. The van der Waals surface area contributed by atoms with Crippen molar-refractivity contribution >= 4 is 9.84 Å². The molecule has 3 aromatic rings. The number of hydrogen-bond donors (Lipinski definition) is 0. The predicted octanol–water partition coefficient (Wildman–Crippen LogP) is 3.41. The summed E-state index contributed by atoms with van der Waals surface area (Å²) in [6, 6.07) is 15.3. The van der Waals surface area contributed by atoms with Crippen LogP contribution in [0.2, 0.25) is 0 Å². The number of fused-ring (bicyclic) bond motifs is 3. The van der Waals surface area contributed by atoms with Gasteiger partial charge in [0.2, 0.25) is 0 Å². The topological polar surface area (TPSA) is 63.4 Å². The third kappa shape index (κ3) is 2.71. The van der Waals surface area contributed by atoms with Crippen LogP contribution in [-0.4, -0.2) is 36.6 Å². The van der Waals surface area contributed by atoms with E-state index in [2.05, 4.69) is 9.88 Å². The fraction of sp³-hybridized carbons (Fsp3) is 0.286. The Labute approximate surface area is 158 Å². The Morgan fingerprint density at radius 2 is 2.04 bits per heavy atom. The Hall–Kier alpha value is -2.44. The molecule has 1 fully saturated rings. The summed E-state index contributed by atoms with van der Waals surface area (Å²) in [5.74, 6) is 0.766. The van der Waals surface area contributed by atoms with E-state index < -0.39 is 9.84 Å². The Morgan fingerprint density at radius 3 is 2.81 bits per heavy atom. The van der Waals surface area contributed by atoms with Crippen molar-refractivity contribution in [2.45, 2.75) is 29.5 Å². The lowest BCUT2D eigenvalue weighted by Crippen LogP contribution is -2.26. The van der Waals surface area contributed by atoms with Crippen molar-refractivity contribution in [2.75, 3.05) is 13.1 Å². The van der Waals surface area contributed by atoms with Crippen molar-refractivity contribution in [3.63, 3.8) is 0 Å². The van der Waals surface area contributed by atoms with Gasteiger partial charge in [0.25, 0.3) is 0 Å². The maximum Gasteiger partial charge on any atom is 0.183 e. The molecule has 2 aromatic heterocycles. The lowest BCUT2D eigenvalue weighted by molar-refractivity contribution is 0.321. The Bertz CT molecular complexity index is 1110. The number of likely N-dealkylation sites (tertiary alicyclic amines) is 1. The molecule has 2 atom stereocenters. The molecule has 0 radical (unpaired) electrons. The molecule has 1 aromatic carbocycles. The number of nitrogens with zero attached hydrogens (tertiary/aromatic N) is 2. The number of aromatic nitrogens is 1. The van der Waals surface area contributed by atoms with Gasteiger partial charge in [-0.25, -0.2) is 8.42 Å². The molecular weight excluding hydrogens is 360 g/mol. The van der Waals surface area contributed by atoms with Gasteiger partial charge in [-0.2, -0.15) is 0 Å². The second kappa shape index (κ2) is 6.04. The number of rotatable bonds is 3. The molecule has 2 aliphatic rings. The average Bonchev–Trinajstić information content (AvgIpc) is 3.34. The first kappa shape index (κ1) is 16.7. The van der Waals surface area contributed by atoms with Gasteiger partial charge in [0, 0.05) is 36.8 Å². The van der Waals surface area contributed by atoms with E-state index >= 15 is 0 Å². The number of benzene rings is 1. The van der Waals surface area contributed by atoms with Crippen molar-refractivity contribution < 1.29 is 12.8 Å². The van der Waals surface area contributed by atoms with Crippen LogP contribution in [0.4, 0.5) is 0 Å². The maximum absolute atomic E-state index is 13.0. The summed E-state index contributed by atoms with van der Waals surface area (Å²) in [7, 11) is -3.29. The third-order valence-corrected chi connectivity index (χ3v) is 7.85. The molecule has 0 amide bonds. The van der Waals surface area contributed by atoms with Gasteiger partial charge in [-0.1, -0.05) is 6.07 Å². The molecule has 6 heteroatoms. The van der Waals surface area contributed by atoms with Gasteiger partial charge in [0.15, 0.2) is 9.84 Å². The SMILES string of the molecule is Cc1cccc(CN2C[C@@H]3[C@@H](C2)c2cc(-c4ccco4)ccc2S3(=O)=O)n1. The standard InChI is InChI=1S/C21H20N2O3S/c1-14-4-2-5-16(22-14)11-23-12-18-17-10-15(19-6-3-9-26-19)7-8-20(17)27(24,25)21(18)13-23/h2-10,18,21H,11-13H2,1H3/t18-,21+/m0/s1. The molecule has 4 heterocycles. The number of aryl methyl sites for hydroxylation is 1. The van der Waals surface area contributed by atoms with E-state index in [1.807, 2.05) is 49.4 Å². The number of furan rings is 1. The molecule has 0 aliphatic carbocycles. The molecule has 1 saturated heterocycles. The average molecular weight is 380 g/mol. The van der Waals surface area contributed by atoms with Gasteiger partial charge in [-0.05, 0) is 55.0 Å². The molecule has 5 rings (SSSR count). The van der Waals surface area contributed by atoms with Crippen molar-refractivity contribution in [3.8, 4) is 11.3 Å². The van der Waals surface area contributed by atoms with E-state index in [4.69, 9.17) is 4.42 Å². The van der Waals surface area contributed by atoms with Crippen molar-refractivity contribution in [2.24, 2.45) is 0 Å². The second-order valence-corrected chi connectivity index (χ2v) is 9.52. The van der Waals surface area contributed by atoms with Crippen LogP contribution in [0.1, 0.15) is 22.9 Å². The largest absolute Gasteiger partial charge is 0.464 e. The molecule has 2 aliphatic heterocycles. The normalized spacial score (nSPS) is 23.3. The summed E-state index contributed by atoms with van der Waals surface area (Å²) in [6.07, 6.45) is 1.63. The third-order valence-electron chi connectivity index (χ3n) is 5.59. The minimum Gasteiger partial charge on any atom is -0.464 e. The van der Waals surface area contributed by atoms with E-state index in [1.165, 1.54) is 0 Å². The summed E-state index contributed by atoms with van der Waals surface area (Å²) < 4.78 is 31.6. The number of pyridine rings is 1. The summed E-state index contributed by atoms with van der Waals surface area (Å²) in [5.41, 5.74) is 3.81. The summed E-state index contributed by atoms with van der Waals surface area (Å²) in [4.78, 5) is 7.25. The molecular formula is C21H20N2O3S. The highest BCUT2D eigenvalue weighted by Gasteiger charge is 2.50. The minimum atomic E-state index is -3.29. The van der Waals surface area contributed by atoms with Gasteiger partial charge < -0.3 is 4.42 Å². The summed E-state index contributed by atoms with van der Waals surface area (Å²) in [6.45, 7) is 3.93. The zero-order valence-electron chi connectivity index (χ0n) is 15.0. The second-order valence-electron chi connectivity index (χ2n) is 7.38. The van der Waals surface area contributed by atoms with Gasteiger partial charge in [0.1, 0.15) is 5.76 Å². The summed E-state index contributed by atoms with van der Waals surface area (Å²) in [5, 5.41) is -0.371. The van der Waals surface area contributed by atoms with Gasteiger partial charge in [0.05, 0.1) is 22.1 Å². The Balaban J connectivity index is 1.47. The highest BCUT2D eigenvalue weighted by atomic mass is 32.2. The Morgan fingerprint density at radius 1 is 1.15 bits per heavy atom. The van der Waals surface area contributed by atoms with Gasteiger partial charge in [-0.15, -0.1) is 0 Å². The van der Waals surface area contributed by atoms with Crippen LogP contribution in [0.25, 0.3) is 11.3 Å². The van der Waals surface area contributed by atoms with Crippen LogP contribution in [0.5, 0.6) is 0 Å². The molecule has 138 valence electrons. The molecule has 0 N–H and O–H groups in total. The Kier molecular flexibility index (Phi) is 3.74. The minimum absolute atomic E-state index is 0.00437. The van der Waals surface area contributed by atoms with Crippen LogP contribution < -0.4 is 0 Å². The fourth-order valence-corrected chi connectivity index (χ4v) is 6.56. The van der Waals surface area contributed by atoms with E-state index in [0.29, 0.717) is 18.0 Å². The highest BCUT2D eigenvalue weighted by Crippen LogP contribution is 2.46. The molecule has 0 bridgehead atoms. The monoisotopic (exact) mass is 380 g/mol. The van der Waals surface area contributed by atoms with Crippen molar-refractivity contribution in [1.29, 1.82) is 0 Å². The molecule has 0 unspecified atom stereocenters. The predicted molar refractivity (Wildman–Crippen MR) is 102 cm³/mol. The van der Waals surface area contributed by atoms with E-state index in [0.717, 1.165) is 34.8 Å². The highest BCUT2D eigenvalue weighted by molar-refractivity contribution is 7.92. The first-order valence-electron chi connectivity index (χ1n) is 9.09. The van der Waals surface area contributed by atoms with Crippen LogP contribution in [0.15, 0.2) is 64.1 Å². The fourth-order valence-electron chi connectivity index (χ4n) is 4.37. The van der Waals surface area contributed by atoms with Crippen LogP contribution >= 0.6 is 0 Å². The maximum atomic E-state index is 13.0. The van der Waals surface area contributed by atoms with Crippen LogP contribution in [-0.2, 0) is 16.4 Å². The first-order chi connectivity index (χ1) is 13.0. The number of hydrogen-bond acceptors (Lipinski definition) is 5.